The van der Waals surface area contributed by atoms with Crippen molar-refractivity contribution in [2.24, 2.45) is 0 Å². The maximum Gasteiger partial charge on any atom is 0.191 e. The number of alkyl halides is 1. The van der Waals surface area contributed by atoms with E-state index in [1.165, 1.54) is 0 Å². The summed E-state index contributed by atoms with van der Waals surface area (Å²) in [5, 5.41) is 2.52. The highest BCUT2D eigenvalue weighted by atomic mass is 35.5. The Morgan fingerprint density at radius 1 is 1.33 bits per heavy atom. The summed E-state index contributed by atoms with van der Waals surface area (Å²) in [5.41, 5.74) is 2.00. The number of hydrogen-bond donors (Lipinski definition) is 0. The van der Waals surface area contributed by atoms with Crippen molar-refractivity contribution >= 4 is 34.9 Å². The van der Waals surface area contributed by atoms with Crippen LogP contribution in [0.25, 0.3) is 0 Å². The molecule has 0 radical (unpaired) electrons. The highest BCUT2D eigenvalue weighted by molar-refractivity contribution is 7.99. The van der Waals surface area contributed by atoms with E-state index in [1.54, 1.807) is 36.3 Å². The number of halogens is 1. The van der Waals surface area contributed by atoms with Crippen LogP contribution in [0.15, 0.2) is 40.5 Å². The lowest BCUT2D eigenvalue weighted by atomic mass is 10.2. The number of rotatable bonds is 2. The smallest absolute Gasteiger partial charge is 0.191 e. The van der Waals surface area contributed by atoms with Crippen LogP contribution in [0.1, 0.15) is 5.56 Å². The lowest BCUT2D eigenvalue weighted by molar-refractivity contribution is 0.195. The summed E-state index contributed by atoms with van der Waals surface area (Å²) in [5.74, 6) is 1.19. The van der Waals surface area contributed by atoms with E-state index in [0.29, 0.717) is 11.7 Å². The Morgan fingerprint density at radius 2 is 2.17 bits per heavy atom. The van der Waals surface area contributed by atoms with Crippen molar-refractivity contribution in [3.05, 3.63) is 36.2 Å². The quantitative estimate of drug-likeness (QED) is 0.788. The van der Waals surface area contributed by atoms with Crippen molar-refractivity contribution in [3.63, 3.8) is 0 Å². The average molecular weight is 280 g/mol. The van der Waals surface area contributed by atoms with Crippen molar-refractivity contribution < 1.29 is 4.84 Å². The average Bonchev–Trinajstić information content (AvgIpc) is 2.44. The van der Waals surface area contributed by atoms with Gasteiger partial charge in [0.2, 0.25) is 0 Å². The van der Waals surface area contributed by atoms with Gasteiger partial charge in [0, 0.05) is 23.2 Å². The van der Waals surface area contributed by atoms with Crippen molar-refractivity contribution in [3.8, 4) is 0 Å². The molecule has 1 aliphatic heterocycles. The van der Waals surface area contributed by atoms with Gasteiger partial charge in [-0.2, -0.15) is 5.06 Å². The molecular weight excluding hydrogens is 270 g/mol. The van der Waals surface area contributed by atoms with E-state index >= 15 is 0 Å². The molecule has 0 amide bonds. The number of aromatic nitrogens is 2. The van der Waals surface area contributed by atoms with Gasteiger partial charge in [0.25, 0.3) is 0 Å². The van der Waals surface area contributed by atoms with Gasteiger partial charge in [0.05, 0.1) is 12.8 Å². The van der Waals surface area contributed by atoms with Crippen LogP contribution in [-0.4, -0.2) is 17.1 Å². The van der Waals surface area contributed by atoms with Crippen molar-refractivity contribution in [2.75, 3.05) is 12.2 Å². The third-order valence-electron chi connectivity index (χ3n) is 2.62. The first kappa shape index (κ1) is 11.8. The largest absolute Gasteiger partial charge is 0.270 e. The summed E-state index contributed by atoms with van der Waals surface area (Å²) in [6.45, 7) is 0. The van der Waals surface area contributed by atoms with Crippen molar-refractivity contribution in [1.29, 1.82) is 0 Å². The van der Waals surface area contributed by atoms with Crippen LogP contribution in [0.3, 0.4) is 0 Å². The predicted octanol–water partition coefficient (Wildman–Crippen LogP) is 3.38. The first-order valence-corrected chi connectivity index (χ1v) is 6.70. The maximum absolute atomic E-state index is 5.87. The maximum atomic E-state index is 5.87. The van der Waals surface area contributed by atoms with Gasteiger partial charge in [-0.15, -0.1) is 11.6 Å². The van der Waals surface area contributed by atoms with Gasteiger partial charge in [-0.1, -0.05) is 17.8 Å². The minimum absolute atomic E-state index is 0.475. The second-order valence-corrected chi connectivity index (χ2v) is 5.00. The van der Waals surface area contributed by atoms with Gasteiger partial charge < -0.3 is 0 Å². The molecule has 1 aliphatic rings. The van der Waals surface area contributed by atoms with Crippen LogP contribution in [0.5, 0.6) is 0 Å². The van der Waals surface area contributed by atoms with Crippen LogP contribution in [0.4, 0.5) is 11.5 Å². The zero-order valence-corrected chi connectivity index (χ0v) is 11.2. The van der Waals surface area contributed by atoms with E-state index in [2.05, 4.69) is 9.97 Å². The fourth-order valence-corrected chi connectivity index (χ4v) is 2.92. The molecule has 0 saturated carbocycles. The molecule has 0 atom stereocenters. The first-order valence-electron chi connectivity index (χ1n) is 5.35. The Labute approximate surface area is 114 Å². The fraction of sp³-hybridized carbons (Fsp3) is 0.167. The van der Waals surface area contributed by atoms with Crippen LogP contribution in [0, 0.1) is 0 Å². The molecule has 1 aromatic heterocycles. The van der Waals surface area contributed by atoms with Gasteiger partial charge in [0.1, 0.15) is 5.03 Å². The molecule has 2 heterocycles. The Balaban J connectivity index is 2.15. The van der Waals surface area contributed by atoms with Gasteiger partial charge in [-0.25, -0.2) is 9.97 Å². The summed E-state index contributed by atoms with van der Waals surface area (Å²) < 4.78 is 0. The molecule has 92 valence electrons. The summed E-state index contributed by atoms with van der Waals surface area (Å²) in [6, 6.07) is 6.05. The number of hydrogen-bond acceptors (Lipinski definition) is 5. The minimum atomic E-state index is 0.475. The second-order valence-electron chi connectivity index (χ2n) is 3.70. The number of anilines is 2. The molecule has 0 aliphatic carbocycles. The summed E-state index contributed by atoms with van der Waals surface area (Å²) in [4.78, 5) is 15.1. The van der Waals surface area contributed by atoms with Crippen molar-refractivity contribution in [2.45, 2.75) is 15.8 Å². The summed E-state index contributed by atoms with van der Waals surface area (Å²) in [7, 11) is 1.62. The van der Waals surface area contributed by atoms with E-state index in [9.17, 15) is 0 Å². The van der Waals surface area contributed by atoms with E-state index in [1.807, 2.05) is 18.2 Å². The second kappa shape index (κ2) is 4.76. The van der Waals surface area contributed by atoms with Gasteiger partial charge in [-0.3, -0.25) is 4.84 Å². The van der Waals surface area contributed by atoms with Crippen LogP contribution >= 0.6 is 23.4 Å². The molecular formula is C12H10ClN3OS. The predicted molar refractivity (Wildman–Crippen MR) is 71.3 cm³/mol. The lowest BCUT2D eigenvalue weighted by Crippen LogP contribution is -2.21. The van der Waals surface area contributed by atoms with E-state index < -0.39 is 0 Å². The molecule has 3 rings (SSSR count). The monoisotopic (exact) mass is 279 g/mol. The van der Waals surface area contributed by atoms with E-state index in [0.717, 1.165) is 21.2 Å². The first-order chi connectivity index (χ1) is 8.83. The van der Waals surface area contributed by atoms with Gasteiger partial charge in [0.15, 0.2) is 5.82 Å². The zero-order chi connectivity index (χ0) is 12.5. The Bertz CT molecular complexity index is 593. The van der Waals surface area contributed by atoms with Crippen molar-refractivity contribution in [1.82, 2.24) is 9.97 Å². The molecule has 4 nitrogen and oxygen atoms in total. The minimum Gasteiger partial charge on any atom is -0.270 e. The molecule has 0 saturated heterocycles. The topological polar surface area (TPSA) is 38.2 Å². The zero-order valence-electron chi connectivity index (χ0n) is 9.63. The Morgan fingerprint density at radius 3 is 2.94 bits per heavy atom. The van der Waals surface area contributed by atoms with Gasteiger partial charge in [-0.05, 0) is 17.7 Å². The third kappa shape index (κ3) is 1.84. The fourth-order valence-electron chi connectivity index (χ4n) is 1.82. The molecule has 0 unspecified atom stereocenters. The van der Waals surface area contributed by atoms with E-state index in [-0.39, 0.29) is 0 Å². The SMILES string of the molecule is CON1c2cc(CCl)ccc2Sc2nccnc21. The molecule has 0 spiro atoms. The standard InChI is InChI=1S/C12H10ClN3OS/c1-17-16-9-6-8(7-13)2-3-10(9)18-12-11(16)14-4-5-15-12/h2-6H,7H2,1H3. The lowest BCUT2D eigenvalue weighted by Gasteiger charge is -2.28. The molecule has 0 bridgehead atoms. The number of nitrogens with zero attached hydrogens (tertiary/aromatic N) is 3. The van der Waals surface area contributed by atoms with Gasteiger partial charge >= 0.3 is 0 Å². The highest BCUT2D eigenvalue weighted by Crippen LogP contribution is 2.46. The molecule has 0 fully saturated rings. The Kier molecular flexibility index (Phi) is 3.11. The third-order valence-corrected chi connectivity index (χ3v) is 3.98. The molecule has 1 aromatic carbocycles. The Hall–Kier alpha value is -1.30. The van der Waals surface area contributed by atoms with Crippen LogP contribution < -0.4 is 5.06 Å². The highest BCUT2D eigenvalue weighted by Gasteiger charge is 2.25. The number of fused-ring (bicyclic) bond motifs is 2. The summed E-state index contributed by atoms with van der Waals surface area (Å²) >= 11 is 7.45. The molecule has 0 N–H and O–H groups in total. The summed E-state index contributed by atoms with van der Waals surface area (Å²) in [6.07, 6.45) is 3.33. The molecule has 18 heavy (non-hydrogen) atoms. The van der Waals surface area contributed by atoms with E-state index in [4.69, 9.17) is 16.4 Å². The molecule has 2 aromatic rings. The van der Waals surface area contributed by atoms with Crippen LogP contribution in [0.2, 0.25) is 0 Å². The number of benzene rings is 1. The van der Waals surface area contributed by atoms with Crippen LogP contribution in [-0.2, 0) is 10.7 Å². The normalized spacial score (nSPS) is 13.1. The molecule has 6 heteroatoms.